The molecule has 0 heterocycles. The van der Waals surface area contributed by atoms with Crippen molar-refractivity contribution in [1.29, 1.82) is 0 Å². The molecule has 25 heavy (non-hydrogen) atoms. The third-order valence-electron chi connectivity index (χ3n) is 8.18. The largest absolute Gasteiger partial charge is 1.00 e. The van der Waals surface area contributed by atoms with Gasteiger partial charge in [-0.05, 0) is 68.1 Å². The van der Waals surface area contributed by atoms with E-state index in [2.05, 4.69) is 19.9 Å². The van der Waals surface area contributed by atoms with Gasteiger partial charge in [-0.1, -0.05) is 25.5 Å². The van der Waals surface area contributed by atoms with E-state index in [-0.39, 0.29) is 40.4 Å². The second-order valence-electron chi connectivity index (χ2n) is 9.03. The fraction of sp³-hybridized carbons (Fsp3) is 0.842. The van der Waals surface area contributed by atoms with E-state index < -0.39 is 15.4 Å². The Morgan fingerprint density at radius 3 is 2.40 bits per heavy atom. The Hall–Kier alpha value is 0.320. The van der Waals surface area contributed by atoms with E-state index in [1.807, 2.05) is 0 Å². The van der Waals surface area contributed by atoms with Crippen LogP contribution in [0.2, 0.25) is 0 Å². The van der Waals surface area contributed by atoms with Crippen molar-refractivity contribution in [2.75, 3.05) is 0 Å². The summed E-state index contributed by atoms with van der Waals surface area (Å²) in [4.78, 5) is 12.4. The van der Waals surface area contributed by atoms with Crippen molar-refractivity contribution in [2.24, 2.45) is 28.6 Å². The summed E-state index contributed by atoms with van der Waals surface area (Å²) in [5.74, 6) is 2.02. The first-order valence-electron chi connectivity index (χ1n) is 9.34. The minimum Gasteiger partial charge on any atom is -0.748 e. The molecule has 0 aromatic carbocycles. The molecule has 0 spiro atoms. The molecule has 3 saturated carbocycles. The fourth-order valence-electron chi connectivity index (χ4n) is 6.64. The predicted molar refractivity (Wildman–Crippen MR) is 90.2 cm³/mol. The molecule has 0 N–H and O–H groups in total. The second kappa shape index (κ2) is 6.44. The van der Waals surface area contributed by atoms with Crippen molar-refractivity contribution in [1.82, 2.24) is 0 Å². The topological polar surface area (TPSA) is 74.3 Å². The van der Waals surface area contributed by atoms with E-state index in [9.17, 15) is 17.8 Å². The summed E-state index contributed by atoms with van der Waals surface area (Å²) in [7, 11) is -4.20. The Labute approximate surface area is 173 Å². The molecule has 1 unspecified atom stereocenters. The van der Waals surface area contributed by atoms with Gasteiger partial charge in [-0.15, -0.1) is 0 Å². The number of carbonyl (C=O) groups excluding carboxylic acids is 1. The van der Waals surface area contributed by atoms with E-state index in [0.717, 1.165) is 38.5 Å². The van der Waals surface area contributed by atoms with E-state index in [4.69, 9.17) is 0 Å². The number of carbonyl (C=O) groups is 1. The van der Waals surface area contributed by atoms with Crippen molar-refractivity contribution in [3.63, 3.8) is 0 Å². The van der Waals surface area contributed by atoms with Crippen LogP contribution in [0.1, 0.15) is 65.2 Å². The first kappa shape index (κ1) is 20.1. The third-order valence-corrected chi connectivity index (χ3v) is 9.39. The van der Waals surface area contributed by atoms with Crippen LogP contribution in [0, 0.1) is 28.6 Å². The Kier molecular flexibility index (Phi) is 5.17. The minimum atomic E-state index is -4.20. The molecule has 134 valence electrons. The summed E-state index contributed by atoms with van der Waals surface area (Å²) in [6, 6.07) is 0. The van der Waals surface area contributed by atoms with Crippen molar-refractivity contribution in [3.05, 3.63) is 11.6 Å². The van der Waals surface area contributed by atoms with Crippen LogP contribution in [-0.4, -0.2) is 24.0 Å². The SMILES string of the molecule is C[C@]12CCC(S(=O)(=O)[O-])CC1=CC[C@@H]1[C@@H]2CC[C@]2(C)C(=O)CC[C@@H]12.[Na+]. The summed E-state index contributed by atoms with van der Waals surface area (Å²) < 4.78 is 34.4. The number of fused-ring (bicyclic) bond motifs is 5. The maximum absolute atomic E-state index is 12.4. The van der Waals surface area contributed by atoms with Gasteiger partial charge < -0.3 is 4.55 Å². The standard InChI is InChI=1S/C19H28O4S.Na/c1-18-9-7-13(24(21,22)23)11-12(18)3-4-14-15-5-6-17(20)19(15,2)10-8-16(14)18;/h3,13-16H,4-11H2,1-2H3,(H,21,22,23);/q;+1/p-1/t13?,14-,15-,16-,18-,19-;/m0./s1. The Morgan fingerprint density at radius 2 is 1.72 bits per heavy atom. The molecular formula is C19H27NaO4S. The van der Waals surface area contributed by atoms with Gasteiger partial charge in [0.1, 0.15) is 5.78 Å². The molecule has 0 saturated heterocycles. The number of hydrogen-bond acceptors (Lipinski definition) is 4. The van der Waals surface area contributed by atoms with Crippen LogP contribution in [0.5, 0.6) is 0 Å². The smallest absolute Gasteiger partial charge is 0.748 e. The third kappa shape index (κ3) is 2.93. The van der Waals surface area contributed by atoms with Crippen LogP contribution in [0.4, 0.5) is 0 Å². The van der Waals surface area contributed by atoms with Crippen molar-refractivity contribution >= 4 is 15.9 Å². The van der Waals surface area contributed by atoms with E-state index in [1.54, 1.807) is 0 Å². The number of allylic oxidation sites excluding steroid dienone is 2. The van der Waals surface area contributed by atoms with Crippen LogP contribution in [0.3, 0.4) is 0 Å². The molecule has 0 bridgehead atoms. The van der Waals surface area contributed by atoms with Gasteiger partial charge in [-0.25, -0.2) is 8.42 Å². The summed E-state index contributed by atoms with van der Waals surface area (Å²) in [6.07, 6.45) is 8.68. The number of ketones is 1. The monoisotopic (exact) mass is 374 g/mol. The van der Waals surface area contributed by atoms with Gasteiger partial charge in [0.2, 0.25) is 0 Å². The first-order valence-corrected chi connectivity index (χ1v) is 10.8. The van der Waals surface area contributed by atoms with Crippen molar-refractivity contribution in [2.45, 2.75) is 70.5 Å². The van der Waals surface area contributed by atoms with Gasteiger partial charge in [-0.3, -0.25) is 4.79 Å². The average Bonchev–Trinajstić information content (AvgIpc) is 2.81. The molecule has 4 aliphatic rings. The Bertz CT molecular complexity index is 715. The summed E-state index contributed by atoms with van der Waals surface area (Å²) in [5, 5.41) is -0.740. The molecule has 4 rings (SSSR count). The van der Waals surface area contributed by atoms with Gasteiger partial charge in [0, 0.05) is 11.8 Å². The summed E-state index contributed by atoms with van der Waals surface area (Å²) in [6.45, 7) is 4.45. The zero-order valence-electron chi connectivity index (χ0n) is 15.6. The number of rotatable bonds is 1. The molecule has 0 aromatic rings. The van der Waals surface area contributed by atoms with E-state index in [1.165, 1.54) is 5.57 Å². The van der Waals surface area contributed by atoms with Crippen LogP contribution < -0.4 is 29.6 Å². The summed E-state index contributed by atoms with van der Waals surface area (Å²) >= 11 is 0. The Balaban J connectivity index is 0.00000182. The van der Waals surface area contributed by atoms with Gasteiger partial charge in [0.25, 0.3) is 0 Å². The maximum Gasteiger partial charge on any atom is 1.00 e. The molecule has 6 atom stereocenters. The quantitative estimate of drug-likeness (QED) is 0.379. The summed E-state index contributed by atoms with van der Waals surface area (Å²) in [5.41, 5.74) is 1.10. The molecule has 4 nitrogen and oxygen atoms in total. The molecule has 3 fully saturated rings. The normalized spacial score (nSPS) is 46.4. The van der Waals surface area contributed by atoms with E-state index in [0.29, 0.717) is 36.4 Å². The molecule has 0 radical (unpaired) electrons. The van der Waals surface area contributed by atoms with Crippen LogP contribution in [-0.2, 0) is 14.9 Å². The second-order valence-corrected chi connectivity index (χ2v) is 10.7. The molecular weight excluding hydrogens is 347 g/mol. The fourth-order valence-corrected chi connectivity index (χ4v) is 7.44. The predicted octanol–water partition coefficient (Wildman–Crippen LogP) is 0.436. The zero-order chi connectivity index (χ0) is 17.3. The first-order chi connectivity index (χ1) is 11.2. The van der Waals surface area contributed by atoms with Crippen LogP contribution in [0.15, 0.2) is 11.6 Å². The van der Waals surface area contributed by atoms with Crippen molar-refractivity contribution < 1.29 is 47.3 Å². The van der Waals surface area contributed by atoms with Gasteiger partial charge in [-0.2, -0.15) is 0 Å². The number of hydrogen-bond donors (Lipinski definition) is 0. The Morgan fingerprint density at radius 1 is 1.08 bits per heavy atom. The van der Waals surface area contributed by atoms with Gasteiger partial charge in [0.15, 0.2) is 0 Å². The molecule has 6 heteroatoms. The molecule has 4 aliphatic carbocycles. The van der Waals surface area contributed by atoms with Crippen LogP contribution >= 0.6 is 0 Å². The molecule has 0 aliphatic heterocycles. The minimum absolute atomic E-state index is 0. The van der Waals surface area contributed by atoms with Crippen LogP contribution in [0.25, 0.3) is 0 Å². The van der Waals surface area contributed by atoms with Gasteiger partial charge >= 0.3 is 29.6 Å². The van der Waals surface area contributed by atoms with E-state index >= 15 is 0 Å². The zero-order valence-corrected chi connectivity index (χ0v) is 18.4. The number of Topliss-reactive ketones (excluding diaryl/α,β-unsaturated/α-hetero) is 1. The van der Waals surface area contributed by atoms with Crippen molar-refractivity contribution in [3.8, 4) is 0 Å². The molecule has 0 aromatic heterocycles. The maximum atomic E-state index is 12.4. The van der Waals surface area contributed by atoms with Gasteiger partial charge in [0.05, 0.1) is 15.4 Å². The average molecular weight is 374 g/mol. The molecule has 0 amide bonds.